The summed E-state index contributed by atoms with van der Waals surface area (Å²) in [7, 11) is 0. The summed E-state index contributed by atoms with van der Waals surface area (Å²) < 4.78 is 5.24. The normalized spacial score (nSPS) is 29.6. The first kappa shape index (κ1) is 11.7. The van der Waals surface area contributed by atoms with Crippen molar-refractivity contribution in [1.82, 2.24) is 0 Å². The second kappa shape index (κ2) is 4.60. The molecule has 2 rings (SSSR count). The quantitative estimate of drug-likeness (QED) is 0.528. The molecule has 0 amide bonds. The minimum atomic E-state index is 0.0242. The molecular formula is C14H22O2. The topological polar surface area (TPSA) is 26.3 Å². The molecule has 1 atom stereocenters. The van der Waals surface area contributed by atoms with Gasteiger partial charge >= 0.3 is 5.97 Å². The molecule has 1 aliphatic carbocycles. The standard InChI is InChI=1S/C14H22O2/c1-11(2)14(8-4-3-5-9-14)12-7-6-10-16-13(12)15/h12H,1,3-10H2,2H3. The Morgan fingerprint density at radius 2 is 2.00 bits per heavy atom. The zero-order valence-electron chi connectivity index (χ0n) is 10.3. The fourth-order valence-electron chi connectivity index (χ4n) is 3.44. The van der Waals surface area contributed by atoms with Gasteiger partial charge in [0.25, 0.3) is 0 Å². The Bertz CT molecular complexity index is 285. The minimum absolute atomic E-state index is 0.0242. The van der Waals surface area contributed by atoms with Crippen molar-refractivity contribution in [3.05, 3.63) is 12.2 Å². The number of esters is 1. The first-order valence-electron chi connectivity index (χ1n) is 6.49. The third-order valence-electron chi connectivity index (χ3n) is 4.43. The Morgan fingerprint density at radius 1 is 1.31 bits per heavy atom. The molecule has 2 fully saturated rings. The van der Waals surface area contributed by atoms with Crippen molar-refractivity contribution in [2.24, 2.45) is 11.3 Å². The second-order valence-electron chi connectivity index (χ2n) is 5.36. The summed E-state index contributed by atoms with van der Waals surface area (Å²) in [5, 5.41) is 0. The second-order valence-corrected chi connectivity index (χ2v) is 5.36. The highest BCUT2D eigenvalue weighted by atomic mass is 16.5. The molecular weight excluding hydrogens is 200 g/mol. The lowest BCUT2D eigenvalue weighted by Gasteiger charge is -2.44. The minimum Gasteiger partial charge on any atom is -0.465 e. The maximum Gasteiger partial charge on any atom is 0.309 e. The zero-order valence-corrected chi connectivity index (χ0v) is 10.3. The van der Waals surface area contributed by atoms with Crippen molar-refractivity contribution in [3.63, 3.8) is 0 Å². The van der Waals surface area contributed by atoms with Crippen molar-refractivity contribution in [2.75, 3.05) is 6.61 Å². The molecule has 0 radical (unpaired) electrons. The predicted octanol–water partition coefficient (Wildman–Crippen LogP) is 3.47. The van der Waals surface area contributed by atoms with Gasteiger partial charge in [-0.2, -0.15) is 0 Å². The molecule has 0 N–H and O–H groups in total. The van der Waals surface area contributed by atoms with Gasteiger partial charge in [-0.15, -0.1) is 0 Å². The fraction of sp³-hybridized carbons (Fsp3) is 0.786. The van der Waals surface area contributed by atoms with Crippen LogP contribution in [0.3, 0.4) is 0 Å². The van der Waals surface area contributed by atoms with E-state index in [4.69, 9.17) is 4.74 Å². The molecule has 16 heavy (non-hydrogen) atoms. The average Bonchev–Trinajstić information content (AvgIpc) is 2.30. The molecule has 1 heterocycles. The average molecular weight is 222 g/mol. The molecule has 90 valence electrons. The number of hydrogen-bond acceptors (Lipinski definition) is 2. The van der Waals surface area contributed by atoms with Crippen LogP contribution in [-0.4, -0.2) is 12.6 Å². The summed E-state index contributed by atoms with van der Waals surface area (Å²) in [6.07, 6.45) is 8.03. The van der Waals surface area contributed by atoms with Crippen molar-refractivity contribution >= 4 is 5.97 Å². The van der Waals surface area contributed by atoms with Gasteiger partial charge in [0.15, 0.2) is 0 Å². The lowest BCUT2D eigenvalue weighted by atomic mass is 9.61. The van der Waals surface area contributed by atoms with E-state index in [1.807, 2.05) is 0 Å². The predicted molar refractivity (Wildman–Crippen MR) is 64.0 cm³/mol. The van der Waals surface area contributed by atoms with E-state index in [1.54, 1.807) is 0 Å². The first-order chi connectivity index (χ1) is 7.67. The molecule has 0 spiro atoms. The van der Waals surface area contributed by atoms with E-state index in [9.17, 15) is 4.79 Å². The Morgan fingerprint density at radius 3 is 2.56 bits per heavy atom. The molecule has 0 bridgehead atoms. The highest BCUT2D eigenvalue weighted by Gasteiger charge is 2.45. The van der Waals surface area contributed by atoms with Gasteiger partial charge in [0, 0.05) is 5.41 Å². The van der Waals surface area contributed by atoms with Crippen molar-refractivity contribution in [3.8, 4) is 0 Å². The molecule has 1 aliphatic heterocycles. The van der Waals surface area contributed by atoms with Crippen LogP contribution >= 0.6 is 0 Å². The molecule has 0 aromatic rings. The zero-order chi connectivity index (χ0) is 11.6. The molecule has 0 aromatic heterocycles. The Kier molecular flexibility index (Phi) is 3.36. The van der Waals surface area contributed by atoms with E-state index < -0.39 is 0 Å². The summed E-state index contributed by atoms with van der Waals surface area (Å²) in [5.41, 5.74) is 1.24. The van der Waals surface area contributed by atoms with Gasteiger partial charge in [-0.05, 0) is 32.6 Å². The molecule has 2 heteroatoms. The van der Waals surface area contributed by atoms with Gasteiger partial charge in [0.1, 0.15) is 0 Å². The number of carbonyl (C=O) groups is 1. The summed E-state index contributed by atoms with van der Waals surface area (Å²) in [6.45, 7) is 6.86. The molecule has 1 saturated carbocycles. The molecule has 0 aromatic carbocycles. The third kappa shape index (κ3) is 1.90. The molecule has 1 unspecified atom stereocenters. The van der Waals surface area contributed by atoms with Gasteiger partial charge in [-0.1, -0.05) is 31.4 Å². The van der Waals surface area contributed by atoms with Crippen LogP contribution in [0, 0.1) is 11.3 Å². The van der Waals surface area contributed by atoms with Crippen molar-refractivity contribution in [2.45, 2.75) is 51.9 Å². The van der Waals surface area contributed by atoms with E-state index in [1.165, 1.54) is 24.8 Å². The highest BCUT2D eigenvalue weighted by Crippen LogP contribution is 2.50. The van der Waals surface area contributed by atoms with Gasteiger partial charge in [-0.3, -0.25) is 4.79 Å². The number of allylic oxidation sites excluding steroid dienone is 1. The van der Waals surface area contributed by atoms with Gasteiger partial charge in [0.2, 0.25) is 0 Å². The first-order valence-corrected chi connectivity index (χ1v) is 6.49. The molecule has 2 nitrogen and oxygen atoms in total. The summed E-state index contributed by atoms with van der Waals surface area (Å²) in [4.78, 5) is 11.9. The number of carbonyl (C=O) groups excluding carboxylic acids is 1. The number of cyclic esters (lactones) is 1. The van der Waals surface area contributed by atoms with E-state index in [0.717, 1.165) is 25.7 Å². The van der Waals surface area contributed by atoms with Gasteiger partial charge in [-0.25, -0.2) is 0 Å². The van der Waals surface area contributed by atoms with E-state index in [-0.39, 0.29) is 17.3 Å². The van der Waals surface area contributed by atoms with Crippen LogP contribution in [0.5, 0.6) is 0 Å². The maximum absolute atomic E-state index is 11.9. The summed E-state index contributed by atoms with van der Waals surface area (Å²) >= 11 is 0. The SMILES string of the molecule is C=C(C)C1(C2CCCOC2=O)CCCCC1. The lowest BCUT2D eigenvalue weighted by Crippen LogP contribution is -2.41. The lowest BCUT2D eigenvalue weighted by molar-refractivity contribution is -0.159. The van der Waals surface area contributed by atoms with Crippen molar-refractivity contribution in [1.29, 1.82) is 0 Å². The molecule has 2 aliphatic rings. The van der Waals surface area contributed by atoms with Crippen LogP contribution in [0.2, 0.25) is 0 Å². The Balaban J connectivity index is 2.23. The van der Waals surface area contributed by atoms with Crippen LogP contribution in [0.15, 0.2) is 12.2 Å². The Labute approximate surface area is 98.1 Å². The largest absolute Gasteiger partial charge is 0.465 e. The van der Waals surface area contributed by atoms with E-state index in [0.29, 0.717) is 6.61 Å². The van der Waals surface area contributed by atoms with Crippen LogP contribution in [0.1, 0.15) is 51.9 Å². The summed E-state index contributed by atoms with van der Waals surface area (Å²) in [5.74, 6) is 0.107. The Hall–Kier alpha value is -0.790. The fourth-order valence-corrected chi connectivity index (χ4v) is 3.44. The van der Waals surface area contributed by atoms with Crippen LogP contribution in [-0.2, 0) is 9.53 Å². The number of ether oxygens (including phenoxy) is 1. The van der Waals surface area contributed by atoms with Crippen LogP contribution in [0.25, 0.3) is 0 Å². The number of rotatable bonds is 2. The van der Waals surface area contributed by atoms with Crippen molar-refractivity contribution < 1.29 is 9.53 Å². The highest BCUT2D eigenvalue weighted by molar-refractivity contribution is 5.74. The van der Waals surface area contributed by atoms with Gasteiger partial charge in [0.05, 0.1) is 12.5 Å². The monoisotopic (exact) mass is 222 g/mol. The smallest absolute Gasteiger partial charge is 0.309 e. The summed E-state index contributed by atoms with van der Waals surface area (Å²) in [6, 6.07) is 0. The van der Waals surface area contributed by atoms with Crippen LogP contribution < -0.4 is 0 Å². The maximum atomic E-state index is 11.9. The van der Waals surface area contributed by atoms with E-state index >= 15 is 0 Å². The van der Waals surface area contributed by atoms with Gasteiger partial charge < -0.3 is 4.74 Å². The third-order valence-corrected chi connectivity index (χ3v) is 4.43. The van der Waals surface area contributed by atoms with E-state index in [2.05, 4.69) is 13.5 Å². The number of hydrogen-bond donors (Lipinski definition) is 0. The van der Waals surface area contributed by atoms with Crippen LogP contribution in [0.4, 0.5) is 0 Å². The molecule has 1 saturated heterocycles.